The summed E-state index contributed by atoms with van der Waals surface area (Å²) in [5.74, 6) is 1.78. The first-order valence-electron chi connectivity index (χ1n) is 11.2. The van der Waals surface area contributed by atoms with Crippen molar-refractivity contribution >= 4 is 46.0 Å². The monoisotopic (exact) mass is 466 g/mol. The molecule has 2 aromatic heterocycles. The molecular formula is C25H30N4O3S. The summed E-state index contributed by atoms with van der Waals surface area (Å²) in [6.07, 6.45) is 3.12. The van der Waals surface area contributed by atoms with Gasteiger partial charge in [-0.2, -0.15) is 11.8 Å². The van der Waals surface area contributed by atoms with Gasteiger partial charge in [-0.15, -0.1) is 0 Å². The Bertz CT molecular complexity index is 1140. The van der Waals surface area contributed by atoms with Gasteiger partial charge in [-0.25, -0.2) is 9.78 Å². The van der Waals surface area contributed by atoms with Crippen molar-refractivity contribution in [1.29, 1.82) is 0 Å². The Labute approximate surface area is 198 Å². The average molecular weight is 467 g/mol. The number of nitrogens with one attached hydrogen (secondary N) is 2. The largest absolute Gasteiger partial charge is 0.464 e. The molecule has 0 aliphatic carbocycles. The Balaban J connectivity index is 1.77. The fourth-order valence-electron chi connectivity index (χ4n) is 4.13. The Kier molecular flexibility index (Phi) is 7.23. The number of methoxy groups -OCH3 is 1. The first kappa shape index (κ1) is 23.2. The number of esters is 1. The molecular weight excluding hydrogens is 436 g/mol. The number of nitrogens with zero attached hydrogens (tertiary/aromatic N) is 2. The highest BCUT2D eigenvalue weighted by Crippen LogP contribution is 2.34. The van der Waals surface area contributed by atoms with Crippen LogP contribution in [0.5, 0.6) is 0 Å². The summed E-state index contributed by atoms with van der Waals surface area (Å²) in [5.41, 5.74) is 3.22. The molecule has 0 spiro atoms. The quantitative estimate of drug-likeness (QED) is 0.473. The molecule has 1 aromatic carbocycles. The zero-order chi connectivity index (χ0) is 23.4. The molecule has 8 heteroatoms. The highest BCUT2D eigenvalue weighted by atomic mass is 32.2. The molecule has 1 saturated heterocycles. The van der Waals surface area contributed by atoms with Gasteiger partial charge in [0.25, 0.3) is 0 Å². The standard InChI is InChI=1S/C25H30N4O3S/c1-16(2)14-29-23(25(31)32-3)22(28-21(30)11-17-7-5-4-6-8-17)20-12-19(13-26-24(20)29)27-18-9-10-33-15-18/h4-8,12-13,16,18,27H,9-11,14-15H2,1-3H3,(H,28,30). The topological polar surface area (TPSA) is 85.2 Å². The SMILES string of the molecule is COC(=O)c1c(NC(=O)Cc2ccccc2)c2cc(NC3CCSC3)cnc2n1CC(C)C. The summed E-state index contributed by atoms with van der Waals surface area (Å²) in [4.78, 5) is 30.5. The number of hydrogen-bond acceptors (Lipinski definition) is 6. The van der Waals surface area contributed by atoms with Crippen LogP contribution in [0.3, 0.4) is 0 Å². The maximum absolute atomic E-state index is 13.0. The van der Waals surface area contributed by atoms with E-state index < -0.39 is 5.97 Å². The zero-order valence-electron chi connectivity index (χ0n) is 19.3. The summed E-state index contributed by atoms with van der Waals surface area (Å²) in [6, 6.07) is 11.9. The van der Waals surface area contributed by atoms with E-state index in [0.29, 0.717) is 29.6 Å². The van der Waals surface area contributed by atoms with Gasteiger partial charge >= 0.3 is 5.97 Å². The lowest BCUT2D eigenvalue weighted by molar-refractivity contribution is -0.115. The van der Waals surface area contributed by atoms with E-state index >= 15 is 0 Å². The Morgan fingerprint density at radius 1 is 1.27 bits per heavy atom. The minimum absolute atomic E-state index is 0.194. The van der Waals surface area contributed by atoms with Crippen LogP contribution in [0.15, 0.2) is 42.6 Å². The van der Waals surface area contributed by atoms with Crippen molar-refractivity contribution in [1.82, 2.24) is 9.55 Å². The van der Waals surface area contributed by atoms with Crippen LogP contribution < -0.4 is 10.6 Å². The lowest BCUT2D eigenvalue weighted by Crippen LogP contribution is -2.19. The van der Waals surface area contributed by atoms with E-state index in [1.54, 1.807) is 6.20 Å². The molecule has 3 aromatic rings. The molecule has 1 atom stereocenters. The first-order valence-corrected chi connectivity index (χ1v) is 12.4. The molecule has 0 bridgehead atoms. The number of benzene rings is 1. The van der Waals surface area contributed by atoms with Gasteiger partial charge in [0.1, 0.15) is 5.65 Å². The Morgan fingerprint density at radius 3 is 2.73 bits per heavy atom. The van der Waals surface area contributed by atoms with Crippen LogP contribution in [-0.2, 0) is 22.5 Å². The van der Waals surface area contributed by atoms with Gasteiger partial charge in [-0.05, 0) is 29.7 Å². The number of thioether (sulfide) groups is 1. The van der Waals surface area contributed by atoms with Gasteiger partial charge in [0.15, 0.2) is 5.69 Å². The van der Waals surface area contributed by atoms with Crippen molar-refractivity contribution < 1.29 is 14.3 Å². The van der Waals surface area contributed by atoms with Crippen LogP contribution in [0, 0.1) is 5.92 Å². The Morgan fingerprint density at radius 2 is 2.06 bits per heavy atom. The van der Waals surface area contributed by atoms with Gasteiger partial charge < -0.3 is 19.9 Å². The second-order valence-corrected chi connectivity index (χ2v) is 9.88. The molecule has 1 unspecified atom stereocenters. The molecule has 0 saturated carbocycles. The molecule has 33 heavy (non-hydrogen) atoms. The van der Waals surface area contributed by atoms with Gasteiger partial charge in [-0.3, -0.25) is 4.79 Å². The number of aromatic nitrogens is 2. The number of carbonyl (C=O) groups is 2. The van der Waals surface area contributed by atoms with E-state index in [1.807, 2.05) is 52.7 Å². The third kappa shape index (κ3) is 5.33. The molecule has 7 nitrogen and oxygen atoms in total. The molecule has 4 rings (SSSR count). The van der Waals surface area contributed by atoms with E-state index in [-0.39, 0.29) is 18.2 Å². The van der Waals surface area contributed by atoms with Crippen molar-refractivity contribution in [2.75, 3.05) is 29.2 Å². The number of pyridine rings is 1. The fraction of sp³-hybridized carbons (Fsp3) is 0.400. The van der Waals surface area contributed by atoms with Crippen LogP contribution in [0.1, 0.15) is 36.3 Å². The van der Waals surface area contributed by atoms with Crippen molar-refractivity contribution in [3.8, 4) is 0 Å². The minimum Gasteiger partial charge on any atom is -0.464 e. The number of carbonyl (C=O) groups excluding carboxylic acids is 2. The van der Waals surface area contributed by atoms with Crippen molar-refractivity contribution in [3.63, 3.8) is 0 Å². The van der Waals surface area contributed by atoms with Gasteiger partial charge in [0.2, 0.25) is 5.91 Å². The maximum Gasteiger partial charge on any atom is 0.356 e. The van der Waals surface area contributed by atoms with Crippen molar-refractivity contribution in [3.05, 3.63) is 53.9 Å². The van der Waals surface area contributed by atoms with E-state index in [9.17, 15) is 9.59 Å². The molecule has 2 N–H and O–H groups in total. The molecule has 0 radical (unpaired) electrons. The summed E-state index contributed by atoms with van der Waals surface area (Å²) < 4.78 is 6.97. The fourth-order valence-corrected chi connectivity index (χ4v) is 5.28. The highest BCUT2D eigenvalue weighted by Gasteiger charge is 2.27. The lowest BCUT2D eigenvalue weighted by Gasteiger charge is -2.13. The van der Waals surface area contributed by atoms with E-state index in [1.165, 1.54) is 7.11 Å². The lowest BCUT2D eigenvalue weighted by atomic mass is 10.1. The third-order valence-corrected chi connectivity index (χ3v) is 6.76. The number of ether oxygens (including phenoxy) is 1. The van der Waals surface area contributed by atoms with E-state index in [0.717, 1.165) is 34.6 Å². The minimum atomic E-state index is -0.495. The predicted octanol–water partition coefficient (Wildman–Crippen LogP) is 4.58. The molecule has 174 valence electrons. The summed E-state index contributed by atoms with van der Waals surface area (Å²) in [6.45, 7) is 4.73. The second-order valence-electron chi connectivity index (χ2n) is 8.73. The number of rotatable bonds is 8. The summed E-state index contributed by atoms with van der Waals surface area (Å²) in [5, 5.41) is 7.27. The first-order chi connectivity index (χ1) is 16.0. The van der Waals surface area contributed by atoms with Gasteiger partial charge in [-0.1, -0.05) is 44.2 Å². The van der Waals surface area contributed by atoms with Crippen LogP contribution in [-0.4, -0.2) is 46.1 Å². The maximum atomic E-state index is 13.0. The normalized spacial score (nSPS) is 15.7. The van der Waals surface area contributed by atoms with E-state index in [2.05, 4.69) is 24.5 Å². The zero-order valence-corrected chi connectivity index (χ0v) is 20.1. The van der Waals surface area contributed by atoms with Crippen LogP contribution in [0.25, 0.3) is 11.0 Å². The van der Waals surface area contributed by atoms with Crippen molar-refractivity contribution in [2.45, 2.75) is 39.3 Å². The average Bonchev–Trinajstić information content (AvgIpc) is 3.40. The third-order valence-electron chi connectivity index (χ3n) is 5.60. The molecule has 1 aliphatic heterocycles. The number of anilines is 2. The van der Waals surface area contributed by atoms with E-state index in [4.69, 9.17) is 9.72 Å². The predicted molar refractivity (Wildman–Crippen MR) is 134 cm³/mol. The number of hydrogen-bond donors (Lipinski definition) is 2. The smallest absolute Gasteiger partial charge is 0.356 e. The molecule has 1 amide bonds. The summed E-state index contributed by atoms with van der Waals surface area (Å²) in [7, 11) is 1.35. The number of amides is 1. The highest BCUT2D eigenvalue weighted by molar-refractivity contribution is 7.99. The van der Waals surface area contributed by atoms with Gasteiger partial charge in [0, 0.05) is 23.7 Å². The molecule has 1 fully saturated rings. The molecule has 3 heterocycles. The van der Waals surface area contributed by atoms with Crippen LogP contribution in [0.2, 0.25) is 0 Å². The van der Waals surface area contributed by atoms with Crippen LogP contribution >= 0.6 is 11.8 Å². The second kappa shape index (κ2) is 10.3. The van der Waals surface area contributed by atoms with Crippen molar-refractivity contribution in [2.24, 2.45) is 5.92 Å². The Hall–Kier alpha value is -3.00. The van der Waals surface area contributed by atoms with Crippen LogP contribution in [0.4, 0.5) is 11.4 Å². The molecule has 1 aliphatic rings. The number of fused-ring (bicyclic) bond motifs is 1. The summed E-state index contributed by atoms with van der Waals surface area (Å²) >= 11 is 1.93. The van der Waals surface area contributed by atoms with Gasteiger partial charge in [0.05, 0.1) is 31.1 Å².